The third-order valence-corrected chi connectivity index (χ3v) is 5.79. The van der Waals surface area contributed by atoms with Gasteiger partial charge in [0.2, 0.25) is 0 Å². The molecular formula is C18H17ClN4OS. The zero-order valence-electron chi connectivity index (χ0n) is 13.5. The molecule has 0 aliphatic heterocycles. The van der Waals surface area contributed by atoms with Crippen molar-refractivity contribution in [2.45, 2.75) is 31.8 Å². The van der Waals surface area contributed by atoms with Gasteiger partial charge in [-0.3, -0.25) is 4.79 Å². The zero-order chi connectivity index (χ0) is 17.2. The summed E-state index contributed by atoms with van der Waals surface area (Å²) in [7, 11) is 0. The summed E-state index contributed by atoms with van der Waals surface area (Å²) in [6, 6.07) is 9.64. The molecule has 0 spiro atoms. The molecule has 1 amide bonds. The van der Waals surface area contributed by atoms with E-state index in [0.29, 0.717) is 12.1 Å². The standard InChI is InChI=1S/C18H17ClN4OS/c19-17-8-14-15(6-3-7-16(14)25-17)22-18(24)13-5-2-1-4-12(13)9-23-11-20-10-21-23/h1-2,4-5,8,10-11,15H,3,6-7,9H2,(H,22,24)/t15-/m0/s1. The minimum absolute atomic E-state index is 0.0272. The fourth-order valence-electron chi connectivity index (χ4n) is 3.28. The van der Waals surface area contributed by atoms with Crippen LogP contribution in [0.3, 0.4) is 0 Å². The second kappa shape index (κ2) is 6.98. The molecule has 1 aromatic carbocycles. The van der Waals surface area contributed by atoms with E-state index >= 15 is 0 Å². The number of fused-ring (bicyclic) bond motifs is 1. The lowest BCUT2D eigenvalue weighted by Gasteiger charge is -2.24. The van der Waals surface area contributed by atoms with Gasteiger partial charge in [0.15, 0.2) is 0 Å². The lowest BCUT2D eigenvalue weighted by atomic mass is 9.93. The van der Waals surface area contributed by atoms with E-state index in [1.807, 2.05) is 30.3 Å². The Bertz CT molecular complexity index is 890. The maximum atomic E-state index is 12.9. The summed E-state index contributed by atoms with van der Waals surface area (Å²) in [5.74, 6) is -0.0594. The van der Waals surface area contributed by atoms with E-state index in [1.54, 1.807) is 22.3 Å². The molecule has 1 aliphatic rings. The second-order valence-electron chi connectivity index (χ2n) is 6.10. The average Bonchev–Trinajstić information content (AvgIpc) is 3.24. The summed E-state index contributed by atoms with van der Waals surface area (Å²) in [6.45, 7) is 0.518. The number of nitrogens with one attached hydrogen (secondary N) is 1. The largest absolute Gasteiger partial charge is 0.345 e. The Labute approximate surface area is 154 Å². The quantitative estimate of drug-likeness (QED) is 0.756. The van der Waals surface area contributed by atoms with Crippen molar-refractivity contribution in [1.82, 2.24) is 20.1 Å². The highest BCUT2D eigenvalue weighted by atomic mass is 35.5. The summed E-state index contributed by atoms with van der Waals surface area (Å²) < 4.78 is 2.50. The van der Waals surface area contributed by atoms with Gasteiger partial charge in [-0.25, -0.2) is 9.67 Å². The van der Waals surface area contributed by atoms with Crippen LogP contribution in [0.15, 0.2) is 43.0 Å². The van der Waals surface area contributed by atoms with E-state index in [1.165, 1.54) is 16.8 Å². The predicted octanol–water partition coefficient (Wildman–Crippen LogP) is 3.85. The van der Waals surface area contributed by atoms with Crippen molar-refractivity contribution in [1.29, 1.82) is 0 Å². The minimum atomic E-state index is -0.0594. The zero-order valence-corrected chi connectivity index (χ0v) is 15.1. The summed E-state index contributed by atoms with van der Waals surface area (Å²) in [6.07, 6.45) is 6.19. The molecule has 1 atom stereocenters. The monoisotopic (exact) mass is 372 g/mol. The van der Waals surface area contributed by atoms with Crippen LogP contribution in [0.2, 0.25) is 4.34 Å². The van der Waals surface area contributed by atoms with E-state index in [9.17, 15) is 4.79 Å². The Balaban J connectivity index is 1.56. The summed E-state index contributed by atoms with van der Waals surface area (Å²) in [5.41, 5.74) is 2.76. The summed E-state index contributed by atoms with van der Waals surface area (Å²) >= 11 is 7.78. The lowest BCUT2D eigenvalue weighted by Crippen LogP contribution is -2.31. The highest BCUT2D eigenvalue weighted by molar-refractivity contribution is 7.16. The van der Waals surface area contributed by atoms with Gasteiger partial charge in [-0.05, 0) is 42.5 Å². The third-order valence-electron chi connectivity index (χ3n) is 4.45. The first-order chi connectivity index (χ1) is 12.2. The number of carbonyl (C=O) groups excluding carboxylic acids is 1. The van der Waals surface area contributed by atoms with Gasteiger partial charge in [0, 0.05) is 10.4 Å². The molecule has 1 aliphatic carbocycles. The number of hydrogen-bond donors (Lipinski definition) is 1. The van der Waals surface area contributed by atoms with Gasteiger partial charge >= 0.3 is 0 Å². The van der Waals surface area contributed by atoms with Crippen molar-refractivity contribution in [2.24, 2.45) is 0 Å². The smallest absolute Gasteiger partial charge is 0.252 e. The van der Waals surface area contributed by atoms with Gasteiger partial charge in [-0.1, -0.05) is 29.8 Å². The Morgan fingerprint density at radius 3 is 3.12 bits per heavy atom. The van der Waals surface area contributed by atoms with Crippen LogP contribution in [0.25, 0.3) is 0 Å². The number of halogens is 1. The molecule has 0 radical (unpaired) electrons. The molecule has 7 heteroatoms. The molecule has 0 saturated carbocycles. The minimum Gasteiger partial charge on any atom is -0.345 e. The van der Waals surface area contributed by atoms with Gasteiger partial charge in [-0.15, -0.1) is 11.3 Å². The van der Waals surface area contributed by atoms with Crippen molar-refractivity contribution < 1.29 is 4.79 Å². The fourth-order valence-corrected chi connectivity index (χ4v) is 4.66. The Hall–Kier alpha value is -2.18. The first kappa shape index (κ1) is 16.3. The van der Waals surface area contributed by atoms with Crippen LogP contribution in [-0.4, -0.2) is 20.7 Å². The summed E-state index contributed by atoms with van der Waals surface area (Å²) in [4.78, 5) is 18.1. The molecule has 0 bridgehead atoms. The van der Waals surface area contributed by atoms with Gasteiger partial charge < -0.3 is 5.32 Å². The van der Waals surface area contributed by atoms with Crippen LogP contribution in [0.1, 0.15) is 45.2 Å². The third kappa shape index (κ3) is 3.45. The van der Waals surface area contributed by atoms with E-state index < -0.39 is 0 Å². The lowest BCUT2D eigenvalue weighted by molar-refractivity contribution is 0.0932. The van der Waals surface area contributed by atoms with Crippen molar-refractivity contribution >= 4 is 28.8 Å². The van der Waals surface area contributed by atoms with Crippen molar-refractivity contribution in [3.05, 3.63) is 68.9 Å². The molecule has 0 saturated heterocycles. The number of amides is 1. The van der Waals surface area contributed by atoms with E-state index in [-0.39, 0.29) is 11.9 Å². The molecule has 2 aromatic heterocycles. The normalized spacial score (nSPS) is 16.4. The van der Waals surface area contributed by atoms with Crippen LogP contribution in [0.5, 0.6) is 0 Å². The SMILES string of the molecule is O=C(N[C@H]1CCCc2sc(Cl)cc21)c1ccccc1Cn1cncn1. The molecule has 128 valence electrons. The van der Waals surface area contributed by atoms with Gasteiger partial charge in [0.05, 0.1) is 16.9 Å². The van der Waals surface area contributed by atoms with E-state index in [2.05, 4.69) is 15.4 Å². The maximum Gasteiger partial charge on any atom is 0.252 e. The van der Waals surface area contributed by atoms with Crippen LogP contribution in [0.4, 0.5) is 0 Å². The van der Waals surface area contributed by atoms with Gasteiger partial charge in [0.25, 0.3) is 5.91 Å². The van der Waals surface area contributed by atoms with Crippen molar-refractivity contribution in [2.75, 3.05) is 0 Å². The number of nitrogens with zero attached hydrogens (tertiary/aromatic N) is 3. The number of benzene rings is 1. The van der Waals surface area contributed by atoms with Gasteiger partial charge in [0.1, 0.15) is 12.7 Å². The highest BCUT2D eigenvalue weighted by Crippen LogP contribution is 2.37. The van der Waals surface area contributed by atoms with Crippen LogP contribution in [-0.2, 0) is 13.0 Å². The summed E-state index contributed by atoms with van der Waals surface area (Å²) in [5, 5.41) is 7.31. The molecule has 0 fully saturated rings. The maximum absolute atomic E-state index is 12.9. The molecule has 0 unspecified atom stereocenters. The Morgan fingerprint density at radius 1 is 1.40 bits per heavy atom. The fraction of sp³-hybridized carbons (Fsp3) is 0.278. The predicted molar refractivity (Wildman–Crippen MR) is 98.0 cm³/mol. The molecule has 2 heterocycles. The van der Waals surface area contributed by atoms with Crippen LogP contribution < -0.4 is 5.32 Å². The number of hydrogen-bond acceptors (Lipinski definition) is 4. The topological polar surface area (TPSA) is 59.8 Å². The van der Waals surface area contributed by atoms with Crippen LogP contribution in [0, 0.1) is 0 Å². The Kier molecular flexibility index (Phi) is 4.55. The molecule has 3 aromatic rings. The number of thiophene rings is 1. The number of rotatable bonds is 4. The molecule has 25 heavy (non-hydrogen) atoms. The molecule has 4 rings (SSSR count). The Morgan fingerprint density at radius 2 is 2.28 bits per heavy atom. The van der Waals surface area contributed by atoms with Crippen LogP contribution >= 0.6 is 22.9 Å². The second-order valence-corrected chi connectivity index (χ2v) is 7.87. The highest BCUT2D eigenvalue weighted by Gasteiger charge is 2.25. The number of aromatic nitrogens is 3. The van der Waals surface area contributed by atoms with Crippen molar-refractivity contribution in [3.8, 4) is 0 Å². The number of carbonyl (C=O) groups is 1. The van der Waals surface area contributed by atoms with Crippen molar-refractivity contribution in [3.63, 3.8) is 0 Å². The molecular weight excluding hydrogens is 356 g/mol. The first-order valence-corrected chi connectivity index (χ1v) is 9.39. The van der Waals surface area contributed by atoms with E-state index in [0.717, 1.165) is 29.2 Å². The average molecular weight is 373 g/mol. The molecule has 5 nitrogen and oxygen atoms in total. The molecule has 1 N–H and O–H groups in total. The van der Waals surface area contributed by atoms with Gasteiger partial charge in [-0.2, -0.15) is 5.10 Å². The van der Waals surface area contributed by atoms with E-state index in [4.69, 9.17) is 11.6 Å². The first-order valence-electron chi connectivity index (χ1n) is 8.20. The number of aryl methyl sites for hydroxylation is 1.